The van der Waals surface area contributed by atoms with Gasteiger partial charge in [-0.2, -0.15) is 5.26 Å². The van der Waals surface area contributed by atoms with Crippen LogP contribution in [0.4, 0.5) is 5.69 Å². The van der Waals surface area contributed by atoms with E-state index in [2.05, 4.69) is 6.07 Å². The van der Waals surface area contributed by atoms with Gasteiger partial charge in [-0.05, 0) is 25.8 Å². The Bertz CT molecular complexity index is 559. The van der Waals surface area contributed by atoms with Crippen LogP contribution in [0.25, 0.3) is 0 Å². The quantitative estimate of drug-likeness (QED) is 0.636. The lowest BCUT2D eigenvalue weighted by molar-refractivity contribution is -0.385. The lowest BCUT2D eigenvalue weighted by atomic mass is 10.0. The van der Waals surface area contributed by atoms with Crippen LogP contribution < -0.4 is 4.74 Å². The molecule has 0 heterocycles. The third-order valence-corrected chi connectivity index (χ3v) is 3.60. The van der Waals surface area contributed by atoms with Crippen molar-refractivity contribution in [2.45, 2.75) is 32.3 Å². The van der Waals surface area contributed by atoms with Gasteiger partial charge in [0.15, 0.2) is 0 Å². The van der Waals surface area contributed by atoms with E-state index in [0.29, 0.717) is 24.3 Å². The van der Waals surface area contributed by atoms with Gasteiger partial charge in [0.1, 0.15) is 5.75 Å². The van der Waals surface area contributed by atoms with E-state index in [-0.39, 0.29) is 11.1 Å². The number of non-ortho nitro benzene ring substituents is 1. The van der Waals surface area contributed by atoms with Crippen LogP contribution in [0.3, 0.4) is 0 Å². The first kappa shape index (κ1) is 14.3. The van der Waals surface area contributed by atoms with Crippen LogP contribution in [0.5, 0.6) is 5.75 Å². The molecule has 6 nitrogen and oxygen atoms in total. The number of aliphatic hydroxyl groups excluding tert-OH is 1. The fourth-order valence-electron chi connectivity index (χ4n) is 2.05. The van der Waals surface area contributed by atoms with Gasteiger partial charge in [0, 0.05) is 29.5 Å². The second-order valence-corrected chi connectivity index (χ2v) is 5.28. The van der Waals surface area contributed by atoms with Gasteiger partial charge in [0.05, 0.1) is 23.7 Å². The number of nitrogens with zero attached hydrogens (tertiary/aromatic N) is 2. The number of rotatable bonds is 6. The van der Waals surface area contributed by atoms with E-state index >= 15 is 0 Å². The zero-order chi connectivity index (χ0) is 14.8. The first-order valence-electron chi connectivity index (χ1n) is 6.44. The Kier molecular flexibility index (Phi) is 3.91. The van der Waals surface area contributed by atoms with E-state index in [9.17, 15) is 15.2 Å². The predicted molar refractivity (Wildman–Crippen MR) is 71.1 cm³/mol. The second-order valence-electron chi connectivity index (χ2n) is 5.28. The fourth-order valence-corrected chi connectivity index (χ4v) is 2.05. The van der Waals surface area contributed by atoms with E-state index < -0.39 is 11.0 Å². The Morgan fingerprint density at radius 3 is 2.80 bits per heavy atom. The molecule has 0 bridgehead atoms. The molecule has 0 radical (unpaired) electrons. The molecule has 0 aliphatic heterocycles. The van der Waals surface area contributed by atoms with Crippen LogP contribution in [0.15, 0.2) is 18.2 Å². The highest BCUT2D eigenvalue weighted by atomic mass is 16.6. The molecule has 0 unspecified atom stereocenters. The molecule has 1 aliphatic rings. The largest absolute Gasteiger partial charge is 0.493 e. The van der Waals surface area contributed by atoms with Gasteiger partial charge >= 0.3 is 0 Å². The first-order chi connectivity index (χ1) is 9.47. The monoisotopic (exact) mass is 276 g/mol. The summed E-state index contributed by atoms with van der Waals surface area (Å²) in [7, 11) is 0. The van der Waals surface area contributed by atoms with Crippen LogP contribution >= 0.6 is 0 Å². The number of nitro benzene ring substituents is 1. The fraction of sp³-hybridized carbons (Fsp3) is 0.500. The molecule has 1 fully saturated rings. The zero-order valence-corrected chi connectivity index (χ0v) is 11.2. The highest BCUT2D eigenvalue weighted by Crippen LogP contribution is 2.49. The van der Waals surface area contributed by atoms with Gasteiger partial charge in [-0.25, -0.2) is 0 Å². The normalized spacial score (nSPS) is 17.1. The number of nitriles is 1. The second kappa shape index (κ2) is 5.47. The number of nitro groups is 1. The summed E-state index contributed by atoms with van der Waals surface area (Å²) >= 11 is 0. The molecular formula is C14H16N2O4. The predicted octanol–water partition coefficient (Wildman–Crippen LogP) is 2.72. The molecule has 1 N–H and O–H groups in total. The summed E-state index contributed by atoms with van der Waals surface area (Å²) < 4.78 is 5.68. The molecule has 1 saturated carbocycles. The highest BCUT2D eigenvalue weighted by Gasteiger charge is 2.43. The molecule has 1 atom stereocenters. The molecular weight excluding hydrogens is 260 g/mol. The van der Waals surface area contributed by atoms with Crippen molar-refractivity contribution >= 4 is 5.69 Å². The molecule has 0 aromatic heterocycles. The number of hydrogen-bond acceptors (Lipinski definition) is 5. The van der Waals surface area contributed by atoms with Gasteiger partial charge in [-0.1, -0.05) is 0 Å². The molecule has 2 rings (SSSR count). The van der Waals surface area contributed by atoms with E-state index in [0.717, 1.165) is 12.8 Å². The van der Waals surface area contributed by atoms with Crippen molar-refractivity contribution in [3.63, 3.8) is 0 Å². The highest BCUT2D eigenvalue weighted by molar-refractivity contribution is 5.44. The first-order valence-corrected chi connectivity index (χ1v) is 6.44. The van der Waals surface area contributed by atoms with Crippen LogP contribution in [0, 0.1) is 26.9 Å². The number of ether oxygens (including phenoxy) is 1. The molecule has 20 heavy (non-hydrogen) atoms. The molecule has 0 amide bonds. The Hall–Kier alpha value is -2.13. The maximum absolute atomic E-state index is 10.7. The minimum atomic E-state index is -0.851. The molecule has 1 aromatic rings. The van der Waals surface area contributed by atoms with E-state index in [1.54, 1.807) is 0 Å². The van der Waals surface area contributed by atoms with Crippen LogP contribution in [0.2, 0.25) is 0 Å². The van der Waals surface area contributed by atoms with Crippen molar-refractivity contribution in [1.29, 1.82) is 5.26 Å². The third kappa shape index (κ3) is 3.06. The smallest absolute Gasteiger partial charge is 0.270 e. The van der Waals surface area contributed by atoms with Crippen LogP contribution in [-0.2, 0) is 0 Å². The third-order valence-electron chi connectivity index (χ3n) is 3.60. The Labute approximate surface area is 116 Å². The van der Waals surface area contributed by atoms with Gasteiger partial charge in [-0.3, -0.25) is 10.1 Å². The number of hydrogen-bond donors (Lipinski definition) is 1. The average Bonchev–Trinajstić information content (AvgIpc) is 3.16. The lowest BCUT2D eigenvalue weighted by Gasteiger charge is -2.16. The SMILES string of the molecule is C[C@H](O)c1cc([N+](=O)[O-])ccc1OCC1(CC#N)CC1. The Morgan fingerprint density at radius 2 is 2.30 bits per heavy atom. The topological polar surface area (TPSA) is 96.4 Å². The summed E-state index contributed by atoms with van der Waals surface area (Å²) in [6.45, 7) is 1.94. The van der Waals surface area contributed by atoms with Crippen LogP contribution in [0.1, 0.15) is 37.9 Å². The molecule has 0 spiro atoms. The minimum absolute atomic E-state index is 0.0769. The molecule has 0 saturated heterocycles. The summed E-state index contributed by atoms with van der Waals surface area (Å²) in [5.41, 5.74) is 0.241. The molecule has 1 aliphatic carbocycles. The standard InChI is InChI=1S/C14H16N2O4/c1-10(17)12-8-11(16(18)19)2-3-13(12)20-9-14(4-5-14)6-7-15/h2-3,8,10,17H,4-6,9H2,1H3/t10-/m0/s1. The minimum Gasteiger partial charge on any atom is -0.493 e. The van der Waals surface area contributed by atoms with Gasteiger partial charge < -0.3 is 9.84 Å². The average molecular weight is 276 g/mol. The van der Waals surface area contributed by atoms with Crippen molar-refractivity contribution in [1.82, 2.24) is 0 Å². The van der Waals surface area contributed by atoms with E-state index in [1.165, 1.54) is 25.1 Å². The van der Waals surface area contributed by atoms with Gasteiger partial charge in [-0.15, -0.1) is 0 Å². The van der Waals surface area contributed by atoms with Crippen LogP contribution in [-0.4, -0.2) is 16.6 Å². The lowest BCUT2D eigenvalue weighted by Crippen LogP contribution is -2.13. The summed E-state index contributed by atoms with van der Waals surface area (Å²) in [4.78, 5) is 10.2. The van der Waals surface area contributed by atoms with E-state index in [4.69, 9.17) is 10.00 Å². The Morgan fingerprint density at radius 1 is 1.60 bits per heavy atom. The van der Waals surface area contributed by atoms with Crippen molar-refractivity contribution in [2.75, 3.05) is 6.61 Å². The summed E-state index contributed by atoms with van der Waals surface area (Å²) in [5.74, 6) is 0.440. The van der Waals surface area contributed by atoms with Crippen molar-refractivity contribution in [3.8, 4) is 11.8 Å². The molecule has 6 heteroatoms. The summed E-state index contributed by atoms with van der Waals surface area (Å²) in [6.07, 6.45) is 1.51. The zero-order valence-electron chi connectivity index (χ0n) is 11.2. The van der Waals surface area contributed by atoms with Gasteiger partial charge in [0.25, 0.3) is 5.69 Å². The summed E-state index contributed by atoms with van der Waals surface area (Å²) in [5, 5.41) is 29.2. The van der Waals surface area contributed by atoms with Crippen molar-refractivity contribution in [2.24, 2.45) is 5.41 Å². The maximum atomic E-state index is 10.7. The summed E-state index contributed by atoms with van der Waals surface area (Å²) in [6, 6.07) is 6.33. The number of aliphatic hydroxyl groups is 1. The molecule has 1 aromatic carbocycles. The van der Waals surface area contributed by atoms with Gasteiger partial charge in [0.2, 0.25) is 0 Å². The Balaban J connectivity index is 2.15. The van der Waals surface area contributed by atoms with Crippen molar-refractivity contribution < 1.29 is 14.8 Å². The molecule has 106 valence electrons. The van der Waals surface area contributed by atoms with E-state index in [1.807, 2.05) is 0 Å². The maximum Gasteiger partial charge on any atom is 0.270 e. The van der Waals surface area contributed by atoms with Crippen molar-refractivity contribution in [3.05, 3.63) is 33.9 Å². The number of benzene rings is 1.